The summed E-state index contributed by atoms with van der Waals surface area (Å²) >= 11 is 0. The quantitative estimate of drug-likeness (QED) is 0.570. The van der Waals surface area contributed by atoms with Crippen molar-refractivity contribution in [3.05, 3.63) is 23.8 Å². The summed E-state index contributed by atoms with van der Waals surface area (Å²) in [5, 5.41) is 0. The van der Waals surface area contributed by atoms with E-state index in [0.29, 0.717) is 35.9 Å². The first kappa shape index (κ1) is 21.9. The fourth-order valence-electron chi connectivity index (χ4n) is 3.23. The fourth-order valence-corrected chi connectivity index (χ4v) is 4.35. The molecule has 0 bridgehead atoms. The van der Waals surface area contributed by atoms with Crippen LogP contribution in [0.4, 0.5) is 5.69 Å². The summed E-state index contributed by atoms with van der Waals surface area (Å²) in [7, 11) is -0.107. The van der Waals surface area contributed by atoms with Gasteiger partial charge in [-0.15, -0.1) is 0 Å². The second-order valence-electron chi connectivity index (χ2n) is 7.88. The summed E-state index contributed by atoms with van der Waals surface area (Å²) in [6, 6.07) is 4.64. The number of carbonyl (C=O) groups is 1. The first-order chi connectivity index (χ1) is 13.9. The lowest BCUT2D eigenvalue weighted by atomic mass is 10.2. The molecule has 3 rings (SSSR count). The molecule has 0 unspecified atom stereocenters. The van der Waals surface area contributed by atoms with E-state index in [-0.39, 0.29) is 5.75 Å². The van der Waals surface area contributed by atoms with Crippen LogP contribution in [0.5, 0.6) is 5.75 Å². The number of methoxy groups -OCH3 is 1. The van der Waals surface area contributed by atoms with Gasteiger partial charge in [-0.1, -0.05) is 0 Å². The lowest BCUT2D eigenvalue weighted by Crippen LogP contribution is -2.45. The molecule has 2 fully saturated rings. The standard InChI is InChI=1S/C20H31N3O5S/c1-22-9-11-23(12-10-22)8-3-13-29(25,26)21-18-7-6-17(20(24)27-2)14-19(18)28-15-16-4-5-16/h6-7,14,16,21H,3-5,8-13,15H2,1-2H3. The van der Waals surface area contributed by atoms with Crippen LogP contribution >= 0.6 is 0 Å². The zero-order valence-corrected chi connectivity index (χ0v) is 18.0. The van der Waals surface area contributed by atoms with Crippen LogP contribution in [0.2, 0.25) is 0 Å². The van der Waals surface area contributed by atoms with Crippen molar-refractivity contribution < 1.29 is 22.7 Å². The van der Waals surface area contributed by atoms with Crippen molar-refractivity contribution in [1.82, 2.24) is 9.80 Å². The molecule has 1 aliphatic carbocycles. The second kappa shape index (κ2) is 9.77. The number of anilines is 1. The maximum absolute atomic E-state index is 12.6. The minimum Gasteiger partial charge on any atom is -0.491 e. The monoisotopic (exact) mass is 425 g/mol. The molecule has 0 atom stereocenters. The van der Waals surface area contributed by atoms with E-state index >= 15 is 0 Å². The van der Waals surface area contributed by atoms with E-state index in [0.717, 1.165) is 45.6 Å². The largest absolute Gasteiger partial charge is 0.491 e. The zero-order chi connectivity index (χ0) is 20.9. The highest BCUT2D eigenvalue weighted by Gasteiger charge is 2.24. The molecule has 0 aromatic heterocycles. The topological polar surface area (TPSA) is 88.2 Å². The van der Waals surface area contributed by atoms with Gasteiger partial charge in [0.1, 0.15) is 5.75 Å². The summed E-state index contributed by atoms with van der Waals surface area (Å²) in [6.45, 7) is 5.25. The maximum Gasteiger partial charge on any atom is 0.337 e. The number of hydrogen-bond acceptors (Lipinski definition) is 7. The van der Waals surface area contributed by atoms with Gasteiger partial charge < -0.3 is 19.3 Å². The maximum atomic E-state index is 12.6. The number of sulfonamides is 1. The predicted molar refractivity (Wildman–Crippen MR) is 112 cm³/mol. The van der Waals surface area contributed by atoms with Gasteiger partial charge in [0.25, 0.3) is 0 Å². The molecule has 1 saturated heterocycles. The van der Waals surface area contributed by atoms with Crippen molar-refractivity contribution in [1.29, 1.82) is 0 Å². The molecule has 1 aliphatic heterocycles. The van der Waals surface area contributed by atoms with E-state index in [1.165, 1.54) is 19.2 Å². The number of nitrogens with one attached hydrogen (secondary N) is 1. The van der Waals surface area contributed by atoms with Crippen LogP contribution in [-0.2, 0) is 14.8 Å². The zero-order valence-electron chi connectivity index (χ0n) is 17.2. The lowest BCUT2D eigenvalue weighted by molar-refractivity contribution is 0.0600. The van der Waals surface area contributed by atoms with Crippen LogP contribution in [0, 0.1) is 5.92 Å². The van der Waals surface area contributed by atoms with E-state index in [9.17, 15) is 13.2 Å². The molecule has 9 heteroatoms. The van der Waals surface area contributed by atoms with Crippen LogP contribution in [0.15, 0.2) is 18.2 Å². The number of piperazine rings is 1. The van der Waals surface area contributed by atoms with Gasteiger partial charge in [-0.2, -0.15) is 0 Å². The molecule has 1 aromatic rings. The molecule has 1 N–H and O–H groups in total. The molecule has 0 spiro atoms. The summed E-state index contributed by atoms with van der Waals surface area (Å²) in [5.41, 5.74) is 0.689. The molecular formula is C20H31N3O5S. The lowest BCUT2D eigenvalue weighted by Gasteiger charge is -2.32. The third-order valence-electron chi connectivity index (χ3n) is 5.32. The van der Waals surface area contributed by atoms with Gasteiger partial charge in [0.05, 0.1) is 30.7 Å². The van der Waals surface area contributed by atoms with Crippen LogP contribution in [0.25, 0.3) is 0 Å². The first-order valence-electron chi connectivity index (χ1n) is 10.1. The third kappa shape index (κ3) is 6.87. The Morgan fingerprint density at radius 1 is 1.21 bits per heavy atom. The molecule has 2 aliphatic rings. The highest BCUT2D eigenvalue weighted by Crippen LogP contribution is 2.33. The summed E-state index contributed by atoms with van der Waals surface area (Å²) in [4.78, 5) is 16.4. The normalized spacial score (nSPS) is 18.4. The van der Waals surface area contributed by atoms with Gasteiger partial charge in [0, 0.05) is 26.2 Å². The Labute approximate surface area is 173 Å². The van der Waals surface area contributed by atoms with Crippen LogP contribution in [0.3, 0.4) is 0 Å². The van der Waals surface area contributed by atoms with Crippen molar-refractivity contribution in [3.8, 4) is 5.75 Å². The minimum atomic E-state index is -3.51. The van der Waals surface area contributed by atoms with Gasteiger partial charge in [0.2, 0.25) is 10.0 Å². The average Bonchev–Trinajstić information content (AvgIpc) is 3.52. The number of esters is 1. The number of ether oxygens (including phenoxy) is 2. The van der Waals surface area contributed by atoms with E-state index in [4.69, 9.17) is 9.47 Å². The van der Waals surface area contributed by atoms with E-state index in [1.54, 1.807) is 6.07 Å². The van der Waals surface area contributed by atoms with Gasteiger partial charge in [0.15, 0.2) is 0 Å². The van der Waals surface area contributed by atoms with Crippen LogP contribution in [0.1, 0.15) is 29.6 Å². The summed E-state index contributed by atoms with van der Waals surface area (Å²) in [5.74, 6) is 0.426. The van der Waals surface area contributed by atoms with Gasteiger partial charge in [-0.3, -0.25) is 4.72 Å². The third-order valence-corrected chi connectivity index (χ3v) is 6.68. The Bertz CT molecular complexity index is 802. The van der Waals surface area contributed by atoms with Crippen LogP contribution < -0.4 is 9.46 Å². The Balaban J connectivity index is 1.59. The fraction of sp³-hybridized carbons (Fsp3) is 0.650. The van der Waals surface area contributed by atoms with Gasteiger partial charge in [-0.25, -0.2) is 13.2 Å². The average molecular weight is 426 g/mol. The smallest absolute Gasteiger partial charge is 0.337 e. The molecule has 162 valence electrons. The molecule has 29 heavy (non-hydrogen) atoms. The van der Waals surface area contributed by atoms with Crippen molar-refractivity contribution in [2.75, 3.05) is 64.0 Å². The van der Waals surface area contributed by atoms with Crippen molar-refractivity contribution in [3.63, 3.8) is 0 Å². The number of carbonyl (C=O) groups excluding carboxylic acids is 1. The van der Waals surface area contributed by atoms with Crippen molar-refractivity contribution in [2.45, 2.75) is 19.3 Å². The molecule has 8 nitrogen and oxygen atoms in total. The first-order valence-corrected chi connectivity index (χ1v) is 11.8. The SMILES string of the molecule is COC(=O)c1ccc(NS(=O)(=O)CCCN2CCN(C)CC2)c(OCC2CC2)c1. The minimum absolute atomic E-state index is 0.0418. The van der Waals surface area contributed by atoms with Crippen LogP contribution in [-0.4, -0.2) is 83.4 Å². The Hall–Kier alpha value is -1.84. The van der Waals surface area contributed by atoms with E-state index in [2.05, 4.69) is 21.6 Å². The number of rotatable bonds is 10. The Kier molecular flexibility index (Phi) is 7.37. The number of benzene rings is 1. The summed E-state index contributed by atoms with van der Waals surface area (Å²) in [6.07, 6.45) is 2.80. The Morgan fingerprint density at radius 3 is 2.59 bits per heavy atom. The number of hydrogen-bond donors (Lipinski definition) is 1. The predicted octanol–water partition coefficient (Wildman–Crippen LogP) is 1.64. The number of likely N-dealkylation sites (N-methyl/N-ethyl adjacent to an activating group) is 1. The molecule has 1 aromatic carbocycles. The molecule has 0 radical (unpaired) electrons. The number of nitrogens with zero attached hydrogens (tertiary/aromatic N) is 2. The molecule has 1 saturated carbocycles. The molecule has 1 heterocycles. The Morgan fingerprint density at radius 2 is 1.93 bits per heavy atom. The summed E-state index contributed by atoms with van der Waals surface area (Å²) < 4.78 is 38.4. The highest BCUT2D eigenvalue weighted by molar-refractivity contribution is 7.92. The van der Waals surface area contributed by atoms with E-state index in [1.807, 2.05) is 0 Å². The second-order valence-corrected chi connectivity index (χ2v) is 9.72. The molecular weight excluding hydrogens is 394 g/mol. The highest BCUT2D eigenvalue weighted by atomic mass is 32.2. The van der Waals surface area contributed by atoms with Crippen molar-refractivity contribution >= 4 is 21.7 Å². The van der Waals surface area contributed by atoms with E-state index < -0.39 is 16.0 Å². The molecule has 0 amide bonds. The van der Waals surface area contributed by atoms with Crippen molar-refractivity contribution in [2.24, 2.45) is 5.92 Å². The van der Waals surface area contributed by atoms with Gasteiger partial charge >= 0.3 is 5.97 Å². The van der Waals surface area contributed by atoms with Gasteiger partial charge in [-0.05, 0) is 57.0 Å².